The Kier molecular flexibility index (Phi) is 3.11. The van der Waals surface area contributed by atoms with Gasteiger partial charge in [-0.05, 0) is 29.7 Å². The lowest BCUT2D eigenvalue weighted by atomic mass is 10.1. The summed E-state index contributed by atoms with van der Waals surface area (Å²) >= 11 is 6.23. The fraction of sp³-hybridized carbons (Fsp3) is 0.250. The molecule has 0 N–H and O–H groups in total. The Morgan fingerprint density at radius 1 is 1.06 bits per heavy atom. The number of benzene rings is 2. The first-order valence-corrected chi connectivity index (χ1v) is 6.64. The highest BCUT2D eigenvalue weighted by Gasteiger charge is 2.20. The zero-order valence-electron chi connectivity index (χ0n) is 10.5. The molecule has 0 unspecified atom stereocenters. The Balaban J connectivity index is 1.75. The van der Waals surface area contributed by atoms with E-state index in [0.717, 1.165) is 24.7 Å². The van der Waals surface area contributed by atoms with Crippen molar-refractivity contribution >= 4 is 11.6 Å². The second kappa shape index (κ2) is 4.75. The summed E-state index contributed by atoms with van der Waals surface area (Å²) in [4.78, 5) is 2.43. The fourth-order valence-electron chi connectivity index (χ4n) is 2.51. The van der Waals surface area contributed by atoms with Crippen LogP contribution in [0.25, 0.3) is 0 Å². The Hall–Kier alpha value is -1.31. The smallest absolute Gasteiger partial charge is 0.0454 e. The number of hydrogen-bond acceptors (Lipinski definition) is 1. The van der Waals surface area contributed by atoms with Gasteiger partial charge in [0.05, 0.1) is 0 Å². The standard InChI is InChI=1S/C16H16ClN/c1-12-5-7-13(8-6-12)9-18-10-14-3-2-4-16(17)15(14)11-18/h2-8H,9-11H2,1H3. The summed E-state index contributed by atoms with van der Waals surface area (Å²) in [5.41, 5.74) is 5.34. The number of hydrogen-bond donors (Lipinski definition) is 0. The predicted octanol–water partition coefficient (Wildman–Crippen LogP) is 4.16. The van der Waals surface area contributed by atoms with E-state index in [1.165, 1.54) is 22.3 Å². The van der Waals surface area contributed by atoms with Crippen LogP contribution < -0.4 is 0 Å². The van der Waals surface area contributed by atoms with Gasteiger partial charge in [0.2, 0.25) is 0 Å². The van der Waals surface area contributed by atoms with E-state index in [0.29, 0.717) is 0 Å². The summed E-state index contributed by atoms with van der Waals surface area (Å²) in [7, 11) is 0. The van der Waals surface area contributed by atoms with Crippen LogP contribution in [0.1, 0.15) is 22.3 Å². The van der Waals surface area contributed by atoms with Gasteiger partial charge in [-0.2, -0.15) is 0 Å². The molecule has 92 valence electrons. The molecule has 0 bridgehead atoms. The van der Waals surface area contributed by atoms with Gasteiger partial charge in [-0.15, -0.1) is 0 Å². The maximum absolute atomic E-state index is 6.23. The molecule has 0 saturated carbocycles. The van der Waals surface area contributed by atoms with Crippen molar-refractivity contribution in [1.82, 2.24) is 4.90 Å². The van der Waals surface area contributed by atoms with E-state index in [1.54, 1.807) is 0 Å². The lowest BCUT2D eigenvalue weighted by Crippen LogP contribution is -2.15. The molecule has 2 aromatic rings. The van der Waals surface area contributed by atoms with Crippen LogP contribution in [0.4, 0.5) is 0 Å². The van der Waals surface area contributed by atoms with Crippen molar-refractivity contribution in [2.24, 2.45) is 0 Å². The summed E-state index contributed by atoms with van der Waals surface area (Å²) in [5, 5.41) is 0.902. The lowest BCUT2D eigenvalue weighted by molar-refractivity contribution is 0.275. The van der Waals surface area contributed by atoms with Gasteiger partial charge in [-0.3, -0.25) is 4.90 Å². The van der Waals surface area contributed by atoms with E-state index in [-0.39, 0.29) is 0 Å². The zero-order valence-corrected chi connectivity index (χ0v) is 11.2. The van der Waals surface area contributed by atoms with E-state index in [1.807, 2.05) is 12.1 Å². The normalized spacial score (nSPS) is 14.8. The second-order valence-corrected chi connectivity index (χ2v) is 5.42. The van der Waals surface area contributed by atoms with Gasteiger partial charge in [0.15, 0.2) is 0 Å². The molecule has 2 aromatic carbocycles. The third-order valence-electron chi connectivity index (χ3n) is 3.52. The van der Waals surface area contributed by atoms with E-state index < -0.39 is 0 Å². The van der Waals surface area contributed by atoms with E-state index in [4.69, 9.17) is 11.6 Å². The SMILES string of the molecule is Cc1ccc(CN2Cc3cccc(Cl)c3C2)cc1. The van der Waals surface area contributed by atoms with Gasteiger partial charge in [0, 0.05) is 24.7 Å². The molecule has 1 aliphatic rings. The first-order valence-electron chi connectivity index (χ1n) is 6.26. The number of fused-ring (bicyclic) bond motifs is 1. The monoisotopic (exact) mass is 257 g/mol. The van der Waals surface area contributed by atoms with Crippen LogP contribution in [0.2, 0.25) is 5.02 Å². The molecule has 0 aliphatic carbocycles. The molecule has 0 saturated heterocycles. The quantitative estimate of drug-likeness (QED) is 0.781. The highest BCUT2D eigenvalue weighted by molar-refractivity contribution is 6.31. The molecule has 3 rings (SSSR count). The van der Waals surface area contributed by atoms with E-state index in [9.17, 15) is 0 Å². The van der Waals surface area contributed by atoms with Crippen molar-refractivity contribution in [3.05, 3.63) is 69.7 Å². The van der Waals surface area contributed by atoms with Crippen molar-refractivity contribution in [2.45, 2.75) is 26.6 Å². The highest BCUT2D eigenvalue weighted by Crippen LogP contribution is 2.29. The van der Waals surface area contributed by atoms with Crippen molar-refractivity contribution in [1.29, 1.82) is 0 Å². The minimum Gasteiger partial charge on any atom is -0.291 e. The first kappa shape index (κ1) is 11.8. The minimum atomic E-state index is 0.902. The molecule has 0 spiro atoms. The maximum Gasteiger partial charge on any atom is 0.0454 e. The molecule has 1 nitrogen and oxygen atoms in total. The molecule has 1 heterocycles. The van der Waals surface area contributed by atoms with Crippen molar-refractivity contribution in [2.75, 3.05) is 0 Å². The molecule has 0 atom stereocenters. The van der Waals surface area contributed by atoms with Crippen LogP contribution in [0.15, 0.2) is 42.5 Å². The summed E-state index contributed by atoms with van der Waals surface area (Å²) in [6.07, 6.45) is 0. The fourth-order valence-corrected chi connectivity index (χ4v) is 2.77. The summed E-state index contributed by atoms with van der Waals surface area (Å²) in [6.45, 7) is 5.08. The average Bonchev–Trinajstić information content (AvgIpc) is 2.76. The summed E-state index contributed by atoms with van der Waals surface area (Å²) in [5.74, 6) is 0. The van der Waals surface area contributed by atoms with Crippen molar-refractivity contribution in [3.63, 3.8) is 0 Å². The van der Waals surface area contributed by atoms with Gasteiger partial charge < -0.3 is 0 Å². The zero-order chi connectivity index (χ0) is 12.5. The topological polar surface area (TPSA) is 3.24 Å². The van der Waals surface area contributed by atoms with Crippen LogP contribution in [-0.2, 0) is 19.6 Å². The molecular weight excluding hydrogens is 242 g/mol. The van der Waals surface area contributed by atoms with Gasteiger partial charge in [0.25, 0.3) is 0 Å². The van der Waals surface area contributed by atoms with Crippen LogP contribution in [0, 0.1) is 6.92 Å². The molecule has 0 radical (unpaired) electrons. The molecule has 0 aromatic heterocycles. The molecule has 18 heavy (non-hydrogen) atoms. The number of halogens is 1. The predicted molar refractivity (Wildman–Crippen MR) is 75.6 cm³/mol. The Bertz CT molecular complexity index is 560. The van der Waals surface area contributed by atoms with Gasteiger partial charge >= 0.3 is 0 Å². The molecule has 2 heteroatoms. The van der Waals surface area contributed by atoms with Crippen LogP contribution in [-0.4, -0.2) is 4.90 Å². The summed E-state index contributed by atoms with van der Waals surface area (Å²) in [6, 6.07) is 15.0. The third kappa shape index (κ3) is 2.29. The Morgan fingerprint density at radius 2 is 1.83 bits per heavy atom. The molecule has 0 fully saturated rings. The van der Waals surface area contributed by atoms with Crippen LogP contribution >= 0.6 is 11.6 Å². The first-order chi connectivity index (χ1) is 8.72. The number of nitrogens with zero attached hydrogens (tertiary/aromatic N) is 1. The molecular formula is C16H16ClN. The van der Waals surface area contributed by atoms with Gasteiger partial charge in [0.1, 0.15) is 0 Å². The largest absolute Gasteiger partial charge is 0.291 e. The van der Waals surface area contributed by atoms with Gasteiger partial charge in [-0.25, -0.2) is 0 Å². The highest BCUT2D eigenvalue weighted by atomic mass is 35.5. The van der Waals surface area contributed by atoms with Crippen LogP contribution in [0.3, 0.4) is 0 Å². The van der Waals surface area contributed by atoms with Crippen molar-refractivity contribution < 1.29 is 0 Å². The number of rotatable bonds is 2. The van der Waals surface area contributed by atoms with E-state index in [2.05, 4.69) is 42.2 Å². The average molecular weight is 258 g/mol. The lowest BCUT2D eigenvalue weighted by Gasteiger charge is -2.14. The number of aryl methyl sites for hydroxylation is 1. The molecule has 0 amide bonds. The molecule has 1 aliphatic heterocycles. The Morgan fingerprint density at radius 3 is 2.56 bits per heavy atom. The van der Waals surface area contributed by atoms with Crippen LogP contribution in [0.5, 0.6) is 0 Å². The third-order valence-corrected chi connectivity index (χ3v) is 3.87. The van der Waals surface area contributed by atoms with E-state index >= 15 is 0 Å². The minimum absolute atomic E-state index is 0.902. The summed E-state index contributed by atoms with van der Waals surface area (Å²) < 4.78 is 0. The Labute approximate surface area is 113 Å². The second-order valence-electron chi connectivity index (χ2n) is 5.01. The van der Waals surface area contributed by atoms with Gasteiger partial charge in [-0.1, -0.05) is 53.6 Å². The van der Waals surface area contributed by atoms with Crippen molar-refractivity contribution in [3.8, 4) is 0 Å². The maximum atomic E-state index is 6.23.